The van der Waals surface area contributed by atoms with Gasteiger partial charge in [-0.25, -0.2) is 0 Å². The number of carbonyl (C=O) groups excluding carboxylic acids is 2. The average Bonchev–Trinajstić information content (AvgIpc) is 2.97. The first kappa shape index (κ1) is 31.6. The molecule has 0 saturated heterocycles. The SMILES string of the molecule is CN(CCCC(=O)NCCCCP(OC(=O)C(F)(F)F)(c1ccccc1)(c1ccccc1)c1ccccc1)C(=N)N. The Morgan fingerprint density at radius 1 is 0.854 bits per heavy atom. The Morgan fingerprint density at radius 3 is 1.73 bits per heavy atom. The topological polar surface area (TPSA) is 109 Å². The molecule has 0 unspecified atom stereocenters. The van der Waals surface area contributed by atoms with Gasteiger partial charge in [0.15, 0.2) is 0 Å². The van der Waals surface area contributed by atoms with Gasteiger partial charge in [-0.3, -0.25) is 0 Å². The van der Waals surface area contributed by atoms with Crippen LogP contribution in [0.2, 0.25) is 0 Å². The standard InChI is InChI=1S/C30H36F3N4O3P/c1-37(29(34)35)22-13-20-27(38)36-21-11-12-23-41(24-14-5-2-6-15-24,25-16-7-3-8-17-25,26-18-9-4-10-19-26)40-28(39)30(31,32)33/h2-10,14-19H,11-13,20-23H2,1H3,(H3,34,35)(H,36,38). The van der Waals surface area contributed by atoms with Gasteiger partial charge in [0.2, 0.25) is 0 Å². The summed E-state index contributed by atoms with van der Waals surface area (Å²) in [5.41, 5.74) is 5.41. The van der Waals surface area contributed by atoms with Crippen molar-refractivity contribution in [3.05, 3.63) is 91.0 Å². The molecule has 0 atom stereocenters. The number of hydrogen-bond acceptors (Lipinski definition) is 4. The van der Waals surface area contributed by atoms with Gasteiger partial charge in [0.1, 0.15) is 0 Å². The molecule has 220 valence electrons. The van der Waals surface area contributed by atoms with Crippen molar-refractivity contribution in [2.45, 2.75) is 31.9 Å². The second-order valence-corrected chi connectivity index (χ2v) is 14.4. The quantitative estimate of drug-likeness (QED) is 0.121. The van der Waals surface area contributed by atoms with Gasteiger partial charge in [-0.05, 0) is 0 Å². The van der Waals surface area contributed by atoms with E-state index in [9.17, 15) is 22.8 Å². The summed E-state index contributed by atoms with van der Waals surface area (Å²) in [4.78, 5) is 26.7. The number of nitrogens with two attached hydrogens (primary N) is 1. The normalized spacial score (nSPS) is 12.5. The second-order valence-electron chi connectivity index (χ2n) is 9.79. The molecule has 3 rings (SSSR count). The summed E-state index contributed by atoms with van der Waals surface area (Å²) in [6.07, 6.45) is -3.50. The van der Waals surface area contributed by atoms with E-state index in [1.807, 2.05) is 0 Å². The van der Waals surface area contributed by atoms with Crippen LogP contribution in [-0.2, 0) is 14.1 Å². The van der Waals surface area contributed by atoms with Gasteiger partial charge in [0.05, 0.1) is 0 Å². The van der Waals surface area contributed by atoms with Crippen LogP contribution in [0.4, 0.5) is 13.2 Å². The van der Waals surface area contributed by atoms with Crippen LogP contribution in [-0.4, -0.2) is 55.2 Å². The summed E-state index contributed by atoms with van der Waals surface area (Å²) in [6.45, 7) is -3.75. The van der Waals surface area contributed by atoms with Crippen molar-refractivity contribution in [2.24, 2.45) is 5.73 Å². The number of unbranched alkanes of at least 4 members (excludes halogenated alkanes) is 1. The molecular formula is C30H36F3N4O3P. The third kappa shape index (κ3) is 7.24. The van der Waals surface area contributed by atoms with Gasteiger partial charge < -0.3 is 0 Å². The van der Waals surface area contributed by atoms with Crippen LogP contribution in [0.25, 0.3) is 0 Å². The van der Waals surface area contributed by atoms with E-state index in [0.29, 0.717) is 48.3 Å². The van der Waals surface area contributed by atoms with E-state index >= 15 is 0 Å². The zero-order valence-electron chi connectivity index (χ0n) is 22.9. The van der Waals surface area contributed by atoms with Gasteiger partial charge in [0, 0.05) is 0 Å². The fourth-order valence-electron chi connectivity index (χ4n) is 4.95. The van der Waals surface area contributed by atoms with Crippen LogP contribution in [0.3, 0.4) is 0 Å². The van der Waals surface area contributed by atoms with Crippen LogP contribution in [0.5, 0.6) is 0 Å². The number of alkyl halides is 3. The van der Waals surface area contributed by atoms with Gasteiger partial charge >= 0.3 is 238 Å². The Morgan fingerprint density at radius 2 is 1.32 bits per heavy atom. The zero-order chi connectivity index (χ0) is 30.0. The molecule has 0 radical (unpaired) electrons. The Labute approximate surface area is 238 Å². The fourth-order valence-corrected chi connectivity index (χ4v) is 10.7. The van der Waals surface area contributed by atoms with Gasteiger partial charge in [-0.1, -0.05) is 0 Å². The molecule has 0 aromatic heterocycles. The number of hydrogen-bond donors (Lipinski definition) is 3. The van der Waals surface area contributed by atoms with Crippen molar-refractivity contribution in [3.63, 3.8) is 0 Å². The van der Waals surface area contributed by atoms with Crippen LogP contribution >= 0.6 is 6.83 Å². The van der Waals surface area contributed by atoms with E-state index < -0.39 is 19.0 Å². The van der Waals surface area contributed by atoms with Gasteiger partial charge in [0.25, 0.3) is 0 Å². The first-order chi connectivity index (χ1) is 19.5. The molecule has 0 fully saturated rings. The molecule has 0 spiro atoms. The van der Waals surface area contributed by atoms with Crippen LogP contribution in [0, 0.1) is 5.41 Å². The van der Waals surface area contributed by atoms with Crippen molar-refractivity contribution in [1.82, 2.24) is 10.2 Å². The molecule has 0 aliphatic rings. The van der Waals surface area contributed by atoms with Crippen LogP contribution < -0.4 is 27.0 Å². The Hall–Kier alpha value is -3.91. The molecule has 1 amide bonds. The fraction of sp³-hybridized carbons (Fsp3) is 0.300. The zero-order valence-corrected chi connectivity index (χ0v) is 23.8. The number of amides is 1. The Balaban J connectivity index is 1.97. The summed E-state index contributed by atoms with van der Waals surface area (Å²) in [7, 11) is 1.67. The number of carbonyl (C=O) groups is 2. The second kappa shape index (κ2) is 13.6. The van der Waals surface area contributed by atoms with E-state index in [-0.39, 0.29) is 24.4 Å². The molecular weight excluding hydrogens is 552 g/mol. The third-order valence-electron chi connectivity index (χ3n) is 7.07. The van der Waals surface area contributed by atoms with Crippen LogP contribution in [0.1, 0.15) is 25.7 Å². The average molecular weight is 589 g/mol. The number of nitrogens with zero attached hydrogens (tertiary/aromatic N) is 1. The first-order valence-corrected chi connectivity index (χ1v) is 15.7. The molecule has 0 bridgehead atoms. The molecule has 0 saturated carbocycles. The summed E-state index contributed by atoms with van der Waals surface area (Å²) in [5.74, 6) is -2.49. The predicted octanol–water partition coefficient (Wildman–Crippen LogP) is 4.04. The summed E-state index contributed by atoms with van der Waals surface area (Å²) in [6, 6.07) is 26.0. The summed E-state index contributed by atoms with van der Waals surface area (Å²) < 4.78 is 47.6. The van der Waals surface area contributed by atoms with Crippen molar-refractivity contribution in [3.8, 4) is 0 Å². The number of nitrogens with one attached hydrogen (secondary N) is 2. The van der Waals surface area contributed by atoms with Gasteiger partial charge in [-0.2, -0.15) is 0 Å². The number of halogens is 3. The minimum atomic E-state index is -5.20. The van der Waals surface area contributed by atoms with Crippen molar-refractivity contribution in [2.75, 3.05) is 26.3 Å². The van der Waals surface area contributed by atoms with E-state index in [0.717, 1.165) is 0 Å². The van der Waals surface area contributed by atoms with Crippen molar-refractivity contribution < 1.29 is 27.3 Å². The molecule has 3 aromatic carbocycles. The Kier molecular flexibility index (Phi) is 10.5. The maximum atomic E-state index is 13.9. The van der Waals surface area contributed by atoms with E-state index in [1.54, 1.807) is 98.0 Å². The van der Waals surface area contributed by atoms with E-state index in [4.69, 9.17) is 15.7 Å². The van der Waals surface area contributed by atoms with E-state index in [1.165, 1.54) is 4.90 Å². The molecule has 4 N–H and O–H groups in total. The molecule has 7 nitrogen and oxygen atoms in total. The Bertz CT molecular complexity index is 1210. The first-order valence-electron chi connectivity index (χ1n) is 13.3. The molecule has 0 aliphatic heterocycles. The number of benzene rings is 3. The van der Waals surface area contributed by atoms with E-state index in [2.05, 4.69) is 5.32 Å². The maximum absolute atomic E-state index is 13.9. The molecule has 0 heterocycles. The minimum absolute atomic E-state index is 0.0757. The van der Waals surface area contributed by atoms with Crippen molar-refractivity contribution in [1.29, 1.82) is 5.41 Å². The van der Waals surface area contributed by atoms with Crippen LogP contribution in [0.15, 0.2) is 91.0 Å². The summed E-state index contributed by atoms with van der Waals surface area (Å²) >= 11 is 0. The number of guanidine groups is 1. The number of rotatable bonds is 13. The molecule has 0 aliphatic carbocycles. The van der Waals surface area contributed by atoms with Crippen molar-refractivity contribution >= 4 is 40.6 Å². The monoisotopic (exact) mass is 588 g/mol. The third-order valence-corrected chi connectivity index (χ3v) is 13.0. The molecule has 3 aromatic rings. The molecule has 11 heteroatoms. The predicted molar refractivity (Wildman–Crippen MR) is 158 cm³/mol. The molecule has 41 heavy (non-hydrogen) atoms. The van der Waals surface area contributed by atoms with Gasteiger partial charge in [-0.15, -0.1) is 0 Å². The summed E-state index contributed by atoms with van der Waals surface area (Å²) in [5, 5.41) is 11.8.